The summed E-state index contributed by atoms with van der Waals surface area (Å²) < 4.78 is 0. The highest BCUT2D eigenvalue weighted by atomic mass is 14.6. The summed E-state index contributed by atoms with van der Waals surface area (Å²) in [4.78, 5) is 0. The van der Waals surface area contributed by atoms with Crippen LogP contribution in [-0.2, 0) is 0 Å². The van der Waals surface area contributed by atoms with Gasteiger partial charge in [0.2, 0.25) is 0 Å². The second-order valence-corrected chi connectivity index (χ2v) is 4.61. The van der Waals surface area contributed by atoms with Gasteiger partial charge >= 0.3 is 0 Å². The molecule has 0 aliphatic carbocycles. The molecule has 0 aromatic heterocycles. The minimum Gasteiger partial charge on any atom is -0.402 e. The van der Waals surface area contributed by atoms with Gasteiger partial charge in [-0.25, -0.2) is 0 Å². The highest BCUT2D eigenvalue weighted by Crippen LogP contribution is 2.11. The average Bonchev–Trinajstić information content (AvgIpc) is 2.24. The molecular weight excluding hydrogens is 196 g/mol. The fourth-order valence-corrected chi connectivity index (χ4v) is 1.73. The van der Waals surface area contributed by atoms with Gasteiger partial charge in [-0.2, -0.15) is 0 Å². The molecule has 16 heavy (non-hydrogen) atoms. The highest BCUT2D eigenvalue weighted by Gasteiger charge is 2.02. The van der Waals surface area contributed by atoms with Gasteiger partial charge in [-0.05, 0) is 38.5 Å². The predicted molar refractivity (Wildman–Crippen MR) is 73.0 cm³/mol. The fraction of sp³-hybridized carbons (Fsp3) is 0.714. The Morgan fingerprint density at radius 3 is 2.56 bits per heavy atom. The number of allylic oxidation sites excluding steroid dienone is 4. The van der Waals surface area contributed by atoms with Gasteiger partial charge in [0.15, 0.2) is 0 Å². The topological polar surface area (TPSA) is 52.0 Å². The zero-order valence-corrected chi connectivity index (χ0v) is 11.1. The second-order valence-electron chi connectivity index (χ2n) is 4.61. The number of rotatable bonds is 8. The maximum absolute atomic E-state index is 5.97. The molecule has 0 spiro atoms. The van der Waals surface area contributed by atoms with Gasteiger partial charge in [-0.15, -0.1) is 0 Å². The van der Waals surface area contributed by atoms with Gasteiger partial charge < -0.3 is 11.5 Å². The van der Waals surface area contributed by atoms with E-state index in [1.165, 1.54) is 0 Å². The summed E-state index contributed by atoms with van der Waals surface area (Å²) in [7, 11) is 0. The molecule has 0 amide bonds. The smallest absolute Gasteiger partial charge is 0.00433 e. The Bertz CT molecular complexity index is 219. The summed E-state index contributed by atoms with van der Waals surface area (Å²) in [6, 6.07) is 0.308. The third-order valence-corrected chi connectivity index (χ3v) is 2.71. The van der Waals surface area contributed by atoms with Crippen LogP contribution in [0.5, 0.6) is 0 Å². The minimum atomic E-state index is 0.308. The highest BCUT2D eigenvalue weighted by molar-refractivity contribution is 5.01. The standard InChI is InChI=1S/C14H28N2/c1-4-6-8-12(3)11-14(16)10-9-13(15)7-5-2/h4,6,11-13H,5,7-10,15-16H2,1-3H3/b6-4-,14-11+. The molecule has 0 aromatic rings. The average molecular weight is 224 g/mol. The van der Waals surface area contributed by atoms with Gasteiger partial charge in [0.1, 0.15) is 0 Å². The van der Waals surface area contributed by atoms with Crippen molar-refractivity contribution in [1.29, 1.82) is 0 Å². The number of hydrogen-bond donors (Lipinski definition) is 2. The largest absolute Gasteiger partial charge is 0.402 e. The maximum atomic E-state index is 5.97. The van der Waals surface area contributed by atoms with E-state index in [0.29, 0.717) is 12.0 Å². The molecule has 4 N–H and O–H groups in total. The molecule has 0 saturated heterocycles. The first-order valence-corrected chi connectivity index (χ1v) is 6.43. The zero-order chi connectivity index (χ0) is 12.4. The summed E-state index contributed by atoms with van der Waals surface area (Å²) in [5.41, 5.74) is 12.9. The van der Waals surface area contributed by atoms with E-state index in [1.807, 2.05) is 6.92 Å². The molecule has 0 rings (SSSR count). The number of hydrogen-bond acceptors (Lipinski definition) is 2. The Morgan fingerprint density at radius 2 is 2.00 bits per heavy atom. The molecule has 0 aromatic carbocycles. The molecule has 0 saturated carbocycles. The summed E-state index contributed by atoms with van der Waals surface area (Å²) in [5, 5.41) is 0. The molecule has 0 bridgehead atoms. The summed E-state index contributed by atoms with van der Waals surface area (Å²) >= 11 is 0. The maximum Gasteiger partial charge on any atom is 0.00433 e. The molecule has 0 aliphatic heterocycles. The van der Waals surface area contributed by atoms with Gasteiger partial charge in [0.25, 0.3) is 0 Å². The Hall–Kier alpha value is -0.760. The monoisotopic (exact) mass is 224 g/mol. The lowest BCUT2D eigenvalue weighted by Gasteiger charge is -2.11. The van der Waals surface area contributed by atoms with Crippen molar-refractivity contribution in [2.75, 3.05) is 0 Å². The molecule has 2 heteroatoms. The van der Waals surface area contributed by atoms with Crippen LogP contribution in [0.1, 0.15) is 52.9 Å². The molecule has 94 valence electrons. The van der Waals surface area contributed by atoms with Gasteiger partial charge in [-0.3, -0.25) is 0 Å². The third kappa shape index (κ3) is 8.54. The van der Waals surface area contributed by atoms with Crippen LogP contribution in [-0.4, -0.2) is 6.04 Å². The first kappa shape index (κ1) is 15.2. The second kappa shape index (κ2) is 9.46. The van der Waals surface area contributed by atoms with E-state index in [1.54, 1.807) is 0 Å². The van der Waals surface area contributed by atoms with Crippen molar-refractivity contribution in [2.45, 2.75) is 58.9 Å². The van der Waals surface area contributed by atoms with Crippen LogP contribution in [0, 0.1) is 5.92 Å². The van der Waals surface area contributed by atoms with Crippen LogP contribution in [0.2, 0.25) is 0 Å². The van der Waals surface area contributed by atoms with Crippen molar-refractivity contribution in [2.24, 2.45) is 17.4 Å². The lowest BCUT2D eigenvalue weighted by atomic mass is 10.0. The first-order valence-electron chi connectivity index (χ1n) is 6.43. The van der Waals surface area contributed by atoms with Crippen molar-refractivity contribution >= 4 is 0 Å². The minimum absolute atomic E-state index is 0.308. The van der Waals surface area contributed by atoms with E-state index >= 15 is 0 Å². The van der Waals surface area contributed by atoms with E-state index < -0.39 is 0 Å². The van der Waals surface area contributed by atoms with E-state index in [9.17, 15) is 0 Å². The molecule has 0 radical (unpaired) electrons. The Morgan fingerprint density at radius 1 is 1.31 bits per heavy atom. The van der Waals surface area contributed by atoms with E-state index in [0.717, 1.165) is 37.8 Å². The fourth-order valence-electron chi connectivity index (χ4n) is 1.73. The molecule has 2 atom stereocenters. The molecular formula is C14H28N2. The van der Waals surface area contributed by atoms with Crippen LogP contribution in [0.25, 0.3) is 0 Å². The summed E-state index contributed by atoms with van der Waals surface area (Å²) in [6.45, 7) is 6.40. The predicted octanol–water partition coefficient (Wildman–Crippen LogP) is 3.34. The Labute approximate surface area is 101 Å². The lowest BCUT2D eigenvalue weighted by Crippen LogP contribution is -2.20. The van der Waals surface area contributed by atoms with E-state index in [-0.39, 0.29) is 0 Å². The summed E-state index contributed by atoms with van der Waals surface area (Å²) in [5.74, 6) is 0.526. The molecule has 2 unspecified atom stereocenters. The van der Waals surface area contributed by atoms with Gasteiger partial charge in [0.05, 0.1) is 0 Å². The quantitative estimate of drug-likeness (QED) is 0.621. The van der Waals surface area contributed by atoms with Crippen LogP contribution < -0.4 is 11.5 Å². The van der Waals surface area contributed by atoms with Crippen LogP contribution in [0.15, 0.2) is 23.9 Å². The van der Waals surface area contributed by atoms with Gasteiger partial charge in [-0.1, -0.05) is 38.5 Å². The van der Waals surface area contributed by atoms with Crippen LogP contribution in [0.3, 0.4) is 0 Å². The zero-order valence-electron chi connectivity index (χ0n) is 11.1. The van der Waals surface area contributed by atoms with Crippen molar-refractivity contribution in [3.05, 3.63) is 23.9 Å². The Kier molecular flexibility index (Phi) is 9.02. The van der Waals surface area contributed by atoms with Crippen molar-refractivity contribution < 1.29 is 0 Å². The van der Waals surface area contributed by atoms with Gasteiger partial charge in [0, 0.05) is 11.7 Å². The molecule has 2 nitrogen and oxygen atoms in total. The van der Waals surface area contributed by atoms with Crippen molar-refractivity contribution in [1.82, 2.24) is 0 Å². The normalized spacial score (nSPS) is 16.6. The molecule has 0 heterocycles. The molecule has 0 fully saturated rings. The number of nitrogens with two attached hydrogens (primary N) is 2. The van der Waals surface area contributed by atoms with Crippen LogP contribution in [0.4, 0.5) is 0 Å². The third-order valence-electron chi connectivity index (χ3n) is 2.71. The first-order chi connectivity index (χ1) is 7.60. The van der Waals surface area contributed by atoms with Crippen molar-refractivity contribution in [3.63, 3.8) is 0 Å². The van der Waals surface area contributed by atoms with Crippen LogP contribution >= 0.6 is 0 Å². The van der Waals surface area contributed by atoms with E-state index in [2.05, 4.69) is 32.1 Å². The van der Waals surface area contributed by atoms with E-state index in [4.69, 9.17) is 11.5 Å². The molecule has 0 aliphatic rings. The summed E-state index contributed by atoms with van der Waals surface area (Å²) in [6.07, 6.45) is 11.7. The lowest BCUT2D eigenvalue weighted by molar-refractivity contribution is 0.556. The van der Waals surface area contributed by atoms with Crippen molar-refractivity contribution in [3.8, 4) is 0 Å². The Balaban J connectivity index is 3.85. The SMILES string of the molecule is C/C=C\CC(C)/C=C(/N)CCC(N)CCC.